The van der Waals surface area contributed by atoms with Crippen LogP contribution in [0.3, 0.4) is 0 Å². The van der Waals surface area contributed by atoms with Gasteiger partial charge in [-0.05, 0) is 45.7 Å². The van der Waals surface area contributed by atoms with E-state index in [1.165, 1.54) is 6.26 Å². The van der Waals surface area contributed by atoms with Gasteiger partial charge in [-0.1, -0.05) is 0 Å². The molecule has 200 valence electrons. The van der Waals surface area contributed by atoms with Gasteiger partial charge < -0.3 is 24.1 Å². The number of amides is 1. The fourth-order valence-electron chi connectivity index (χ4n) is 4.44. The predicted octanol–water partition coefficient (Wildman–Crippen LogP) is 4.88. The summed E-state index contributed by atoms with van der Waals surface area (Å²) in [5.74, 6) is -2.90. The first-order valence-electron chi connectivity index (χ1n) is 12.5. The highest BCUT2D eigenvalue weighted by Gasteiger charge is 2.35. The third kappa shape index (κ3) is 5.83. The predicted molar refractivity (Wildman–Crippen MR) is 139 cm³/mol. The van der Waals surface area contributed by atoms with Crippen molar-refractivity contribution in [2.45, 2.75) is 58.0 Å². The molecule has 0 radical (unpaired) electrons. The van der Waals surface area contributed by atoms with E-state index in [0.29, 0.717) is 41.3 Å². The quantitative estimate of drug-likeness (QED) is 0.355. The molecule has 4 aromatic heterocycles. The second-order valence-electron chi connectivity index (χ2n) is 10.4. The van der Waals surface area contributed by atoms with Crippen LogP contribution in [0.25, 0.3) is 17.1 Å². The van der Waals surface area contributed by atoms with Crippen molar-refractivity contribution in [2.75, 3.05) is 23.3 Å². The minimum atomic E-state index is -2.70. The van der Waals surface area contributed by atoms with Crippen molar-refractivity contribution in [2.24, 2.45) is 0 Å². The van der Waals surface area contributed by atoms with Gasteiger partial charge >= 0.3 is 0 Å². The molecule has 0 saturated carbocycles. The molecule has 0 spiro atoms. The zero-order valence-electron chi connectivity index (χ0n) is 21.5. The van der Waals surface area contributed by atoms with Crippen LogP contribution in [0, 0.1) is 6.92 Å². The Hall–Kier alpha value is -3.86. The van der Waals surface area contributed by atoms with Crippen LogP contribution in [-0.4, -0.2) is 55.0 Å². The Kier molecular flexibility index (Phi) is 6.64. The van der Waals surface area contributed by atoms with Gasteiger partial charge in [-0.2, -0.15) is 0 Å². The van der Waals surface area contributed by atoms with Gasteiger partial charge in [0, 0.05) is 61.8 Å². The van der Waals surface area contributed by atoms with Crippen LogP contribution in [0.5, 0.6) is 0 Å². The van der Waals surface area contributed by atoms with Crippen molar-refractivity contribution in [3.8, 4) is 11.5 Å². The van der Waals surface area contributed by atoms with Crippen LogP contribution in [-0.2, 0) is 6.42 Å². The topological polar surface area (TPSA) is 109 Å². The first-order chi connectivity index (χ1) is 18.0. The number of piperidine rings is 1. The van der Waals surface area contributed by atoms with Crippen LogP contribution in [0.2, 0.25) is 0 Å². The number of nitrogens with one attached hydrogen (secondary N) is 1. The van der Waals surface area contributed by atoms with E-state index in [9.17, 15) is 18.7 Å². The average Bonchev–Trinajstić information content (AvgIpc) is 3.49. The number of nitrogens with zero attached hydrogens (tertiary/aromatic N) is 5. The van der Waals surface area contributed by atoms with Gasteiger partial charge in [-0.15, -0.1) is 0 Å². The first kappa shape index (κ1) is 25.8. The lowest BCUT2D eigenvalue weighted by atomic mass is 10.0. The number of halogens is 2. The number of anilines is 2. The third-order valence-electron chi connectivity index (χ3n) is 6.58. The van der Waals surface area contributed by atoms with Gasteiger partial charge in [0.05, 0.1) is 22.7 Å². The molecule has 9 nitrogen and oxygen atoms in total. The van der Waals surface area contributed by atoms with Gasteiger partial charge in [0.15, 0.2) is 5.69 Å². The normalized spacial score (nSPS) is 15.7. The van der Waals surface area contributed by atoms with Crippen LogP contribution in [0.4, 0.5) is 20.2 Å². The molecule has 1 aliphatic heterocycles. The Morgan fingerprint density at radius 3 is 2.68 bits per heavy atom. The molecular weight excluding hydrogens is 494 g/mol. The molecular formula is C27H30F2N6O3. The number of oxazole rings is 1. The Labute approximate surface area is 218 Å². The van der Waals surface area contributed by atoms with Crippen molar-refractivity contribution < 1.29 is 23.1 Å². The molecule has 5 rings (SSSR count). The van der Waals surface area contributed by atoms with E-state index in [4.69, 9.17) is 4.42 Å². The lowest BCUT2D eigenvalue weighted by Gasteiger charge is -2.34. The molecule has 4 aromatic rings. The third-order valence-corrected chi connectivity index (χ3v) is 6.58. The lowest BCUT2D eigenvalue weighted by molar-refractivity contribution is -0.0220. The summed E-state index contributed by atoms with van der Waals surface area (Å²) in [6.45, 7) is 5.62. The number of imidazole rings is 1. The standard InChI is InChI=1S/C27H30F2N6O3/c1-17-12-18(5-9-30-17)25-33-21(16-38-25)24(36)32-20-15-35-14-19(4-6-26(2,3)37)31-23(35)13-22(20)34-10-7-27(28,29)8-11-34/h5,9,12-16,37H,4,6-8,10-11H2,1-3H3,(H,32,36). The summed E-state index contributed by atoms with van der Waals surface area (Å²) in [4.78, 5) is 28.2. The summed E-state index contributed by atoms with van der Waals surface area (Å²) in [6, 6.07) is 5.34. The molecule has 0 aliphatic carbocycles. The van der Waals surface area contributed by atoms with E-state index < -0.39 is 17.4 Å². The largest absolute Gasteiger partial charge is 0.444 e. The average molecular weight is 525 g/mol. The SMILES string of the molecule is Cc1cc(-c2nc(C(=O)Nc3cn4cc(CCC(C)(C)O)nc4cc3N3CCC(F)(F)CC3)co2)ccn1. The van der Waals surface area contributed by atoms with Crippen molar-refractivity contribution in [1.29, 1.82) is 0 Å². The second-order valence-corrected chi connectivity index (χ2v) is 10.4. The smallest absolute Gasteiger partial charge is 0.277 e. The summed E-state index contributed by atoms with van der Waals surface area (Å²) in [5.41, 5.74) is 3.20. The molecule has 0 unspecified atom stereocenters. The molecule has 11 heteroatoms. The number of hydrogen-bond donors (Lipinski definition) is 2. The van der Waals surface area contributed by atoms with Crippen molar-refractivity contribution in [3.05, 3.63) is 60.1 Å². The van der Waals surface area contributed by atoms with E-state index in [1.54, 1.807) is 48.8 Å². The minimum Gasteiger partial charge on any atom is -0.444 e. The lowest BCUT2D eigenvalue weighted by Crippen LogP contribution is -2.39. The zero-order chi connectivity index (χ0) is 27.1. The maximum absolute atomic E-state index is 13.9. The Balaban J connectivity index is 1.44. The number of alkyl halides is 2. The molecule has 0 aromatic carbocycles. The number of carbonyl (C=O) groups excluding carboxylic acids is 1. The van der Waals surface area contributed by atoms with E-state index in [1.807, 2.05) is 18.0 Å². The molecule has 1 amide bonds. The van der Waals surface area contributed by atoms with Crippen molar-refractivity contribution >= 4 is 22.9 Å². The van der Waals surface area contributed by atoms with Crippen molar-refractivity contribution in [3.63, 3.8) is 0 Å². The van der Waals surface area contributed by atoms with Gasteiger partial charge in [-0.3, -0.25) is 9.78 Å². The number of aliphatic hydroxyl groups is 1. The number of aryl methyl sites for hydroxylation is 2. The molecule has 0 bridgehead atoms. The Morgan fingerprint density at radius 2 is 1.97 bits per heavy atom. The summed E-state index contributed by atoms with van der Waals surface area (Å²) >= 11 is 0. The molecule has 2 N–H and O–H groups in total. The van der Waals surface area contributed by atoms with E-state index >= 15 is 0 Å². The summed E-state index contributed by atoms with van der Waals surface area (Å²) in [7, 11) is 0. The number of carbonyl (C=O) groups is 1. The molecule has 1 saturated heterocycles. The van der Waals surface area contributed by atoms with E-state index in [-0.39, 0.29) is 31.6 Å². The zero-order valence-corrected chi connectivity index (χ0v) is 21.5. The highest BCUT2D eigenvalue weighted by molar-refractivity contribution is 6.05. The summed E-state index contributed by atoms with van der Waals surface area (Å²) < 4.78 is 35.1. The highest BCUT2D eigenvalue weighted by Crippen LogP contribution is 2.35. The Morgan fingerprint density at radius 1 is 1.21 bits per heavy atom. The summed E-state index contributed by atoms with van der Waals surface area (Å²) in [5, 5.41) is 13.0. The minimum absolute atomic E-state index is 0.0854. The Bertz CT molecular complexity index is 1460. The summed E-state index contributed by atoms with van der Waals surface area (Å²) in [6.07, 6.45) is 7.04. The maximum atomic E-state index is 13.9. The van der Waals surface area contributed by atoms with Crippen LogP contribution in [0.1, 0.15) is 55.0 Å². The molecule has 1 aliphatic rings. The number of aromatic nitrogens is 4. The molecule has 0 atom stereocenters. The van der Waals surface area contributed by atoms with Gasteiger partial charge in [0.1, 0.15) is 11.9 Å². The van der Waals surface area contributed by atoms with Gasteiger partial charge in [0.25, 0.3) is 11.8 Å². The van der Waals surface area contributed by atoms with E-state index in [0.717, 1.165) is 11.4 Å². The molecule has 5 heterocycles. The van der Waals surface area contributed by atoms with Crippen LogP contribution in [0.15, 0.2) is 47.5 Å². The number of rotatable bonds is 7. The van der Waals surface area contributed by atoms with Gasteiger partial charge in [-0.25, -0.2) is 18.7 Å². The maximum Gasteiger partial charge on any atom is 0.277 e. The fourth-order valence-corrected chi connectivity index (χ4v) is 4.44. The first-order valence-corrected chi connectivity index (χ1v) is 12.5. The van der Waals surface area contributed by atoms with E-state index in [2.05, 4.69) is 20.3 Å². The number of hydrogen-bond acceptors (Lipinski definition) is 7. The van der Waals surface area contributed by atoms with Gasteiger partial charge in [0.2, 0.25) is 5.89 Å². The monoisotopic (exact) mass is 524 g/mol. The van der Waals surface area contributed by atoms with Crippen LogP contribution >= 0.6 is 0 Å². The highest BCUT2D eigenvalue weighted by atomic mass is 19.3. The molecule has 38 heavy (non-hydrogen) atoms. The number of fused-ring (bicyclic) bond motifs is 1. The van der Waals surface area contributed by atoms with Crippen molar-refractivity contribution in [1.82, 2.24) is 19.4 Å². The van der Waals surface area contributed by atoms with Crippen LogP contribution < -0.4 is 10.2 Å². The number of pyridine rings is 2. The molecule has 1 fully saturated rings. The fraction of sp³-hybridized carbons (Fsp3) is 0.407. The second kappa shape index (κ2) is 9.79.